The molecule has 0 N–H and O–H groups in total. The minimum Gasteiger partial charge on any atom is -0.490 e. The minimum absolute atomic E-state index is 0.0815. The van der Waals surface area contributed by atoms with Crippen LogP contribution in [0, 0.1) is 5.92 Å². The van der Waals surface area contributed by atoms with E-state index in [0.29, 0.717) is 57.9 Å². The van der Waals surface area contributed by atoms with Crippen molar-refractivity contribution >= 4 is 11.8 Å². The Morgan fingerprint density at radius 1 is 1.13 bits per heavy atom. The molecular formula is C22H28N4O4. The highest BCUT2D eigenvalue weighted by Crippen LogP contribution is 2.27. The zero-order chi connectivity index (χ0) is 20.9. The van der Waals surface area contributed by atoms with Crippen LogP contribution in [-0.2, 0) is 16.6 Å². The maximum Gasteiger partial charge on any atom is 0.274 e. The molecule has 2 atom stereocenters. The van der Waals surface area contributed by atoms with Crippen molar-refractivity contribution < 1.29 is 19.1 Å². The number of hydrogen-bond donors (Lipinski definition) is 0. The number of rotatable bonds is 5. The van der Waals surface area contributed by atoms with E-state index < -0.39 is 0 Å². The van der Waals surface area contributed by atoms with E-state index >= 15 is 0 Å². The Morgan fingerprint density at radius 3 is 2.60 bits per heavy atom. The van der Waals surface area contributed by atoms with Crippen molar-refractivity contribution in [2.75, 3.05) is 39.4 Å². The molecule has 2 fully saturated rings. The molecule has 2 aliphatic heterocycles. The number of benzene rings is 1. The smallest absolute Gasteiger partial charge is 0.274 e. The molecule has 2 saturated heterocycles. The number of likely N-dealkylation sites (tertiary alicyclic amines) is 1. The molecular weight excluding hydrogens is 384 g/mol. The largest absolute Gasteiger partial charge is 0.490 e. The standard InChI is InChI=1S/C22H28N4O4/c1-24-15-19(23-16-24)22(28)26-8-7-20(30-18-5-3-2-4-6-18)17(14-26)13-21(27)25-9-11-29-12-10-25/h2-6,15-17,20H,7-14H2,1H3/t17-,20-/m0/s1. The van der Waals surface area contributed by atoms with Gasteiger partial charge in [-0.25, -0.2) is 4.98 Å². The van der Waals surface area contributed by atoms with Gasteiger partial charge in [-0.2, -0.15) is 0 Å². The van der Waals surface area contributed by atoms with Crippen molar-refractivity contribution in [3.05, 3.63) is 48.5 Å². The second-order valence-electron chi connectivity index (χ2n) is 7.89. The van der Waals surface area contributed by atoms with Gasteiger partial charge in [-0.15, -0.1) is 0 Å². The van der Waals surface area contributed by atoms with Crippen molar-refractivity contribution in [1.82, 2.24) is 19.4 Å². The second kappa shape index (κ2) is 9.30. The van der Waals surface area contributed by atoms with Crippen LogP contribution >= 0.6 is 0 Å². The van der Waals surface area contributed by atoms with E-state index in [9.17, 15) is 9.59 Å². The number of nitrogens with zero attached hydrogens (tertiary/aromatic N) is 4. The van der Waals surface area contributed by atoms with Crippen molar-refractivity contribution in [2.45, 2.75) is 18.9 Å². The molecule has 8 nitrogen and oxygen atoms in total. The maximum absolute atomic E-state index is 12.9. The average molecular weight is 412 g/mol. The van der Waals surface area contributed by atoms with Crippen LogP contribution in [0.1, 0.15) is 23.3 Å². The summed E-state index contributed by atoms with van der Waals surface area (Å²) in [6.45, 7) is 3.44. The van der Waals surface area contributed by atoms with Gasteiger partial charge in [0.15, 0.2) is 0 Å². The quantitative estimate of drug-likeness (QED) is 0.745. The molecule has 0 radical (unpaired) electrons. The summed E-state index contributed by atoms with van der Waals surface area (Å²) in [4.78, 5) is 33.7. The summed E-state index contributed by atoms with van der Waals surface area (Å²) in [5.41, 5.74) is 0.429. The number of aromatic nitrogens is 2. The fraction of sp³-hybridized carbons (Fsp3) is 0.500. The Kier molecular flexibility index (Phi) is 6.32. The van der Waals surface area contributed by atoms with Crippen molar-refractivity contribution in [2.24, 2.45) is 13.0 Å². The normalized spacial score (nSPS) is 22.0. The Balaban J connectivity index is 1.47. The molecule has 30 heavy (non-hydrogen) atoms. The third kappa shape index (κ3) is 4.81. The Morgan fingerprint density at radius 2 is 1.90 bits per heavy atom. The highest BCUT2D eigenvalue weighted by molar-refractivity contribution is 5.92. The summed E-state index contributed by atoms with van der Waals surface area (Å²) in [5.74, 6) is 0.701. The number of carbonyl (C=O) groups is 2. The van der Waals surface area contributed by atoms with E-state index in [1.54, 1.807) is 22.0 Å². The van der Waals surface area contributed by atoms with Crippen LogP contribution in [0.3, 0.4) is 0 Å². The molecule has 0 saturated carbocycles. The Hall–Kier alpha value is -2.87. The van der Waals surface area contributed by atoms with Gasteiger partial charge in [-0.3, -0.25) is 9.59 Å². The number of aryl methyl sites for hydroxylation is 1. The van der Waals surface area contributed by atoms with E-state index in [1.807, 2.05) is 42.3 Å². The number of piperidine rings is 1. The Labute approximate surface area is 176 Å². The molecule has 0 aliphatic carbocycles. The zero-order valence-electron chi connectivity index (χ0n) is 17.3. The molecule has 2 aliphatic rings. The lowest BCUT2D eigenvalue weighted by Gasteiger charge is -2.39. The molecule has 4 rings (SSSR count). The van der Waals surface area contributed by atoms with Gasteiger partial charge in [0.05, 0.1) is 19.5 Å². The van der Waals surface area contributed by atoms with E-state index in [1.165, 1.54) is 0 Å². The molecule has 0 bridgehead atoms. The lowest BCUT2D eigenvalue weighted by Crippen LogP contribution is -2.50. The van der Waals surface area contributed by atoms with E-state index in [0.717, 1.165) is 5.75 Å². The average Bonchev–Trinajstić information content (AvgIpc) is 3.22. The monoisotopic (exact) mass is 412 g/mol. The van der Waals surface area contributed by atoms with Crippen molar-refractivity contribution in [3.8, 4) is 5.75 Å². The summed E-state index contributed by atoms with van der Waals surface area (Å²) in [7, 11) is 1.84. The number of amides is 2. The van der Waals surface area contributed by atoms with Gasteiger partial charge in [0.25, 0.3) is 5.91 Å². The number of para-hydroxylation sites is 1. The Bertz CT molecular complexity index is 863. The number of morpholine rings is 1. The summed E-state index contributed by atoms with van der Waals surface area (Å²) >= 11 is 0. The molecule has 1 aromatic heterocycles. The van der Waals surface area contributed by atoms with Crippen LogP contribution in [-0.4, -0.2) is 76.7 Å². The molecule has 0 unspecified atom stereocenters. The minimum atomic E-state index is -0.120. The van der Waals surface area contributed by atoms with Gasteiger partial charge < -0.3 is 23.8 Å². The van der Waals surface area contributed by atoms with Crippen LogP contribution in [0.25, 0.3) is 0 Å². The molecule has 8 heteroatoms. The lowest BCUT2D eigenvalue weighted by atomic mass is 9.90. The molecule has 2 aromatic rings. The van der Waals surface area contributed by atoms with E-state index in [4.69, 9.17) is 9.47 Å². The number of ether oxygens (including phenoxy) is 2. The van der Waals surface area contributed by atoms with Crippen LogP contribution in [0.15, 0.2) is 42.9 Å². The van der Waals surface area contributed by atoms with Gasteiger partial charge in [-0.05, 0) is 12.1 Å². The maximum atomic E-state index is 12.9. The molecule has 1 aromatic carbocycles. The van der Waals surface area contributed by atoms with E-state index in [-0.39, 0.29) is 23.8 Å². The molecule has 160 valence electrons. The molecule has 3 heterocycles. The number of imidazole rings is 1. The van der Waals surface area contributed by atoms with Gasteiger partial charge in [0, 0.05) is 58.2 Å². The third-order valence-electron chi connectivity index (χ3n) is 5.71. The van der Waals surface area contributed by atoms with Gasteiger partial charge in [-0.1, -0.05) is 18.2 Å². The van der Waals surface area contributed by atoms with Gasteiger partial charge in [0.1, 0.15) is 17.5 Å². The van der Waals surface area contributed by atoms with Crippen LogP contribution in [0.5, 0.6) is 5.75 Å². The second-order valence-corrected chi connectivity index (χ2v) is 7.89. The van der Waals surface area contributed by atoms with Crippen LogP contribution in [0.4, 0.5) is 0 Å². The topological polar surface area (TPSA) is 76.9 Å². The highest BCUT2D eigenvalue weighted by Gasteiger charge is 2.36. The first kappa shape index (κ1) is 20.4. The first-order valence-corrected chi connectivity index (χ1v) is 10.4. The number of carbonyl (C=O) groups excluding carboxylic acids is 2. The summed E-state index contributed by atoms with van der Waals surface area (Å²) < 4.78 is 13.4. The molecule has 0 spiro atoms. The van der Waals surface area contributed by atoms with Gasteiger partial charge >= 0.3 is 0 Å². The fourth-order valence-corrected chi connectivity index (χ4v) is 4.07. The zero-order valence-corrected chi connectivity index (χ0v) is 17.3. The SMILES string of the molecule is Cn1cnc(C(=O)N2CC[C@H](Oc3ccccc3)[C@@H](CC(=O)N3CCOCC3)C2)c1. The third-order valence-corrected chi connectivity index (χ3v) is 5.71. The summed E-state index contributed by atoms with van der Waals surface area (Å²) in [5, 5.41) is 0. The predicted molar refractivity (Wildman–Crippen MR) is 110 cm³/mol. The van der Waals surface area contributed by atoms with Crippen LogP contribution in [0.2, 0.25) is 0 Å². The fourth-order valence-electron chi connectivity index (χ4n) is 4.07. The van der Waals surface area contributed by atoms with Crippen molar-refractivity contribution in [1.29, 1.82) is 0 Å². The first-order valence-electron chi connectivity index (χ1n) is 10.4. The molecule has 2 amide bonds. The summed E-state index contributed by atoms with van der Waals surface area (Å²) in [6.07, 6.45) is 4.25. The van der Waals surface area contributed by atoms with E-state index in [2.05, 4.69) is 4.98 Å². The highest BCUT2D eigenvalue weighted by atomic mass is 16.5. The van der Waals surface area contributed by atoms with Gasteiger partial charge in [0.2, 0.25) is 5.91 Å². The predicted octanol–water partition coefficient (Wildman–Crippen LogP) is 1.58. The first-order chi connectivity index (χ1) is 14.6. The number of hydrogen-bond acceptors (Lipinski definition) is 5. The van der Waals surface area contributed by atoms with Crippen molar-refractivity contribution in [3.63, 3.8) is 0 Å². The summed E-state index contributed by atoms with van der Waals surface area (Å²) in [6, 6.07) is 9.66. The lowest BCUT2D eigenvalue weighted by molar-refractivity contribution is -0.137. The van der Waals surface area contributed by atoms with Crippen LogP contribution < -0.4 is 4.74 Å².